The van der Waals surface area contributed by atoms with Crippen LogP contribution in [0.2, 0.25) is 0 Å². The Kier molecular flexibility index (Phi) is 3.97. The molecule has 120 valence electrons. The summed E-state index contributed by atoms with van der Waals surface area (Å²) in [7, 11) is -1.84. The smallest absolute Gasteiger partial charge is 0.244 e. The minimum Gasteiger partial charge on any atom is -0.273 e. The maximum Gasteiger partial charge on any atom is 0.244 e. The molecule has 0 fully saturated rings. The maximum atomic E-state index is 12.4. The Bertz CT molecular complexity index is 914. The second-order valence-electron chi connectivity index (χ2n) is 5.01. The van der Waals surface area contributed by atoms with Crippen LogP contribution in [0.25, 0.3) is 5.82 Å². The molecule has 0 amide bonds. The quantitative estimate of drug-likeness (QED) is 0.745. The van der Waals surface area contributed by atoms with Crippen LogP contribution in [0.3, 0.4) is 0 Å². The van der Waals surface area contributed by atoms with Crippen molar-refractivity contribution in [2.75, 3.05) is 0 Å². The maximum absolute atomic E-state index is 12.4. The first-order valence-corrected chi connectivity index (χ1v) is 8.39. The van der Waals surface area contributed by atoms with E-state index >= 15 is 0 Å². The number of aromatic nitrogens is 5. The summed E-state index contributed by atoms with van der Waals surface area (Å²) in [6.07, 6.45) is 6.00. The molecule has 0 saturated carbocycles. The molecule has 0 aliphatic heterocycles. The number of hydrogen-bond donors (Lipinski definition) is 1. The van der Waals surface area contributed by atoms with Gasteiger partial charge in [0.05, 0.1) is 18.6 Å². The summed E-state index contributed by atoms with van der Waals surface area (Å²) in [6.45, 7) is 2.06. The lowest BCUT2D eigenvalue weighted by Gasteiger charge is -2.04. The third kappa shape index (κ3) is 3.15. The van der Waals surface area contributed by atoms with Gasteiger partial charge in [0, 0.05) is 31.0 Å². The van der Waals surface area contributed by atoms with Crippen LogP contribution in [0.5, 0.6) is 0 Å². The summed E-state index contributed by atoms with van der Waals surface area (Å²) in [5.41, 5.74) is 1.74. The van der Waals surface area contributed by atoms with Gasteiger partial charge in [-0.15, -0.1) is 0 Å². The van der Waals surface area contributed by atoms with E-state index in [9.17, 15) is 8.42 Å². The first kappa shape index (κ1) is 15.4. The van der Waals surface area contributed by atoms with E-state index in [2.05, 4.69) is 19.9 Å². The number of sulfonamides is 1. The third-order valence-electron chi connectivity index (χ3n) is 3.54. The molecule has 3 aromatic heterocycles. The van der Waals surface area contributed by atoms with Crippen LogP contribution in [0.1, 0.15) is 11.3 Å². The fourth-order valence-electron chi connectivity index (χ4n) is 2.03. The van der Waals surface area contributed by atoms with Crippen molar-refractivity contribution in [2.45, 2.75) is 18.4 Å². The minimum atomic E-state index is -3.65. The number of nitrogens with one attached hydrogen (secondary N) is 1. The van der Waals surface area contributed by atoms with Crippen LogP contribution in [-0.4, -0.2) is 33.0 Å². The van der Waals surface area contributed by atoms with Crippen molar-refractivity contribution in [1.82, 2.24) is 29.3 Å². The Labute approximate surface area is 133 Å². The predicted octanol–water partition coefficient (Wildman–Crippen LogP) is 0.788. The molecular formula is C14H16N6O2S. The summed E-state index contributed by atoms with van der Waals surface area (Å²) < 4.78 is 30.4. The fourth-order valence-corrected chi connectivity index (χ4v) is 2.97. The molecule has 8 nitrogen and oxygen atoms in total. The zero-order valence-corrected chi connectivity index (χ0v) is 13.5. The van der Waals surface area contributed by atoms with Gasteiger partial charge < -0.3 is 0 Å². The largest absolute Gasteiger partial charge is 0.273 e. The molecule has 0 spiro atoms. The highest BCUT2D eigenvalue weighted by molar-refractivity contribution is 7.89. The van der Waals surface area contributed by atoms with Crippen LogP contribution in [-0.2, 0) is 23.6 Å². The molecule has 0 aromatic carbocycles. The number of rotatable bonds is 5. The van der Waals surface area contributed by atoms with Crippen molar-refractivity contribution in [3.05, 3.63) is 54.2 Å². The van der Waals surface area contributed by atoms with Crippen LogP contribution < -0.4 is 4.72 Å². The molecular weight excluding hydrogens is 316 g/mol. The van der Waals surface area contributed by atoms with Gasteiger partial charge >= 0.3 is 0 Å². The van der Waals surface area contributed by atoms with Gasteiger partial charge in [0.25, 0.3) is 0 Å². The van der Waals surface area contributed by atoms with Gasteiger partial charge in [0.2, 0.25) is 10.0 Å². The van der Waals surface area contributed by atoms with Crippen LogP contribution in [0.4, 0.5) is 0 Å². The Morgan fingerprint density at radius 1 is 1.22 bits per heavy atom. The van der Waals surface area contributed by atoms with Crippen molar-refractivity contribution in [3.8, 4) is 5.82 Å². The van der Waals surface area contributed by atoms with E-state index in [1.54, 1.807) is 29.2 Å². The lowest BCUT2D eigenvalue weighted by molar-refractivity contribution is 0.581. The average Bonchev–Trinajstić information content (AvgIpc) is 3.16. The standard InChI is InChI=1S/C14H16N6O2S/c1-11-12(7-16-19(11)2)8-18-23(21,22)13-9-17-20(10-13)14-5-3-4-6-15-14/h3-7,9-10,18H,8H2,1-2H3. The van der Waals surface area contributed by atoms with E-state index in [1.807, 2.05) is 20.0 Å². The molecule has 3 rings (SSSR count). The van der Waals surface area contributed by atoms with Gasteiger partial charge in [-0.2, -0.15) is 10.2 Å². The number of aryl methyl sites for hydroxylation is 1. The van der Waals surface area contributed by atoms with E-state index < -0.39 is 10.0 Å². The summed E-state index contributed by atoms with van der Waals surface area (Å²) >= 11 is 0. The molecule has 0 atom stereocenters. The second kappa shape index (κ2) is 5.94. The van der Waals surface area contributed by atoms with E-state index in [4.69, 9.17) is 0 Å². The predicted molar refractivity (Wildman–Crippen MR) is 83.3 cm³/mol. The van der Waals surface area contributed by atoms with E-state index in [-0.39, 0.29) is 11.4 Å². The molecule has 0 radical (unpaired) electrons. The highest BCUT2D eigenvalue weighted by Crippen LogP contribution is 2.12. The van der Waals surface area contributed by atoms with E-state index in [0.29, 0.717) is 5.82 Å². The number of hydrogen-bond acceptors (Lipinski definition) is 5. The summed E-state index contributed by atoms with van der Waals surface area (Å²) in [5, 5.41) is 8.14. The van der Waals surface area contributed by atoms with Gasteiger partial charge in [-0.1, -0.05) is 6.07 Å². The van der Waals surface area contributed by atoms with Crippen molar-refractivity contribution in [3.63, 3.8) is 0 Å². The lowest BCUT2D eigenvalue weighted by atomic mass is 10.3. The minimum absolute atomic E-state index is 0.0877. The summed E-state index contributed by atoms with van der Waals surface area (Å²) in [6, 6.07) is 5.33. The Morgan fingerprint density at radius 2 is 2.04 bits per heavy atom. The van der Waals surface area contributed by atoms with Crippen molar-refractivity contribution < 1.29 is 8.42 Å². The zero-order chi connectivity index (χ0) is 16.4. The topological polar surface area (TPSA) is 94.7 Å². The normalized spacial score (nSPS) is 11.7. The first-order chi connectivity index (χ1) is 11.0. The summed E-state index contributed by atoms with van der Waals surface area (Å²) in [4.78, 5) is 4.21. The molecule has 3 heterocycles. The van der Waals surface area contributed by atoms with E-state index in [0.717, 1.165) is 11.3 Å². The molecule has 0 saturated heterocycles. The van der Waals surface area contributed by atoms with Gasteiger partial charge in [0.15, 0.2) is 5.82 Å². The average molecular weight is 332 g/mol. The van der Waals surface area contributed by atoms with Crippen molar-refractivity contribution in [2.24, 2.45) is 7.05 Å². The van der Waals surface area contributed by atoms with Crippen molar-refractivity contribution >= 4 is 10.0 Å². The second-order valence-corrected chi connectivity index (χ2v) is 6.78. The molecule has 23 heavy (non-hydrogen) atoms. The first-order valence-electron chi connectivity index (χ1n) is 6.90. The summed E-state index contributed by atoms with van der Waals surface area (Å²) in [5.74, 6) is 0.553. The monoisotopic (exact) mass is 332 g/mol. The highest BCUT2D eigenvalue weighted by atomic mass is 32.2. The van der Waals surface area contributed by atoms with Crippen molar-refractivity contribution in [1.29, 1.82) is 0 Å². The van der Waals surface area contributed by atoms with Crippen LogP contribution in [0, 0.1) is 6.92 Å². The highest BCUT2D eigenvalue weighted by Gasteiger charge is 2.18. The Morgan fingerprint density at radius 3 is 2.70 bits per heavy atom. The van der Waals surface area contributed by atoms with Gasteiger partial charge in [-0.05, 0) is 19.1 Å². The van der Waals surface area contributed by atoms with Gasteiger partial charge in [-0.25, -0.2) is 22.8 Å². The zero-order valence-electron chi connectivity index (χ0n) is 12.7. The van der Waals surface area contributed by atoms with Crippen LogP contribution in [0.15, 0.2) is 47.9 Å². The number of nitrogens with zero attached hydrogens (tertiary/aromatic N) is 5. The van der Waals surface area contributed by atoms with E-state index in [1.165, 1.54) is 17.1 Å². The molecule has 1 N–H and O–H groups in total. The molecule has 0 aliphatic carbocycles. The molecule has 3 aromatic rings. The third-order valence-corrected chi connectivity index (χ3v) is 4.90. The van der Waals surface area contributed by atoms with Gasteiger partial charge in [0.1, 0.15) is 4.90 Å². The fraction of sp³-hybridized carbons (Fsp3) is 0.214. The molecule has 0 bridgehead atoms. The molecule has 9 heteroatoms. The van der Waals surface area contributed by atoms with Gasteiger partial charge in [-0.3, -0.25) is 4.68 Å². The lowest BCUT2D eigenvalue weighted by Crippen LogP contribution is -2.23. The molecule has 0 aliphatic rings. The Balaban J connectivity index is 1.78. The number of pyridine rings is 1. The molecule has 0 unspecified atom stereocenters. The Hall–Kier alpha value is -2.52. The van der Waals surface area contributed by atoms with Crippen LogP contribution >= 0.6 is 0 Å². The SMILES string of the molecule is Cc1c(CNS(=O)(=O)c2cnn(-c3ccccn3)c2)cnn1C.